The maximum atomic E-state index is 13.5. The fourth-order valence-electron chi connectivity index (χ4n) is 5.80. The number of aliphatic hydroxyl groups excluding tert-OH is 1. The van der Waals surface area contributed by atoms with Gasteiger partial charge in [-0.15, -0.1) is 0 Å². The number of amides is 3. The number of carbonyl (C=O) groups excluding carboxylic acids is 2. The maximum Gasteiger partial charge on any atom is 0.410 e. The maximum absolute atomic E-state index is 13.5. The van der Waals surface area contributed by atoms with E-state index in [-0.39, 0.29) is 18.4 Å². The molecule has 0 spiro atoms. The molecule has 2 aromatic heterocycles. The Balaban J connectivity index is 1.24. The van der Waals surface area contributed by atoms with Crippen LogP contribution in [0.4, 0.5) is 18.0 Å². The second-order valence-corrected chi connectivity index (χ2v) is 11.6. The fourth-order valence-corrected chi connectivity index (χ4v) is 5.80. The lowest BCUT2D eigenvalue weighted by atomic mass is 9.89. The predicted octanol–water partition coefficient (Wildman–Crippen LogP) is 4.16. The topological polar surface area (TPSA) is 126 Å². The number of hydrogen-bond acceptors (Lipinski definition) is 6. The molecule has 220 valence electrons. The van der Waals surface area contributed by atoms with Crippen molar-refractivity contribution in [3.63, 3.8) is 0 Å². The normalized spacial score (nSPS) is 21.0. The third kappa shape index (κ3) is 6.04. The molecule has 3 fully saturated rings. The minimum atomic E-state index is -4.51. The molecular weight excluding hydrogens is 541 g/mol. The highest BCUT2D eigenvalue weighted by molar-refractivity contribution is 5.92. The van der Waals surface area contributed by atoms with Gasteiger partial charge in [0.1, 0.15) is 23.3 Å². The lowest BCUT2D eigenvalue weighted by Gasteiger charge is -2.26. The van der Waals surface area contributed by atoms with E-state index in [4.69, 9.17) is 9.40 Å². The third-order valence-corrected chi connectivity index (χ3v) is 8.20. The minimum absolute atomic E-state index is 0.0000686. The zero-order valence-electron chi connectivity index (χ0n) is 22.6. The number of nitrogens with zero attached hydrogens (tertiary/aromatic N) is 4. The summed E-state index contributed by atoms with van der Waals surface area (Å²) in [4.78, 5) is 31.5. The number of carbonyl (C=O) groups is 2. The van der Waals surface area contributed by atoms with Gasteiger partial charge in [0.25, 0.3) is 5.91 Å². The summed E-state index contributed by atoms with van der Waals surface area (Å²) in [5.41, 5.74) is 2.02. The molecule has 0 radical (unpaired) electrons. The zero-order chi connectivity index (χ0) is 28.9. The number of oxazole rings is 1. The summed E-state index contributed by atoms with van der Waals surface area (Å²) in [5, 5.41) is 19.1. The number of aryl methyl sites for hydroxylation is 1. The van der Waals surface area contributed by atoms with Gasteiger partial charge in [-0.3, -0.25) is 9.48 Å². The van der Waals surface area contributed by atoms with Gasteiger partial charge < -0.3 is 25.1 Å². The Morgan fingerprint density at radius 3 is 2.59 bits per heavy atom. The summed E-state index contributed by atoms with van der Waals surface area (Å²) in [6, 6.07) is 3.64. The number of alkyl halides is 3. The van der Waals surface area contributed by atoms with Crippen molar-refractivity contribution in [2.75, 3.05) is 6.54 Å². The van der Waals surface area contributed by atoms with E-state index in [1.54, 1.807) is 42.1 Å². The van der Waals surface area contributed by atoms with Crippen molar-refractivity contribution in [1.29, 1.82) is 0 Å². The number of urea groups is 1. The molecule has 3 atom stereocenters. The molecule has 3 aliphatic rings. The Morgan fingerprint density at radius 1 is 1.22 bits per heavy atom. The van der Waals surface area contributed by atoms with Crippen LogP contribution in [0, 0.1) is 17.8 Å². The Kier molecular flexibility index (Phi) is 7.16. The molecule has 2 saturated carbocycles. The molecular formula is C28H33F3N6O4. The Bertz CT molecular complexity index is 1420. The quantitative estimate of drug-likeness (QED) is 0.316. The van der Waals surface area contributed by atoms with Crippen molar-refractivity contribution in [3.8, 4) is 0 Å². The number of aliphatic hydroxyl groups is 1. The molecule has 41 heavy (non-hydrogen) atoms. The lowest BCUT2D eigenvalue weighted by molar-refractivity contribution is -0.149. The monoisotopic (exact) mass is 574 g/mol. The molecule has 10 nitrogen and oxygen atoms in total. The summed E-state index contributed by atoms with van der Waals surface area (Å²) in [7, 11) is 0. The van der Waals surface area contributed by atoms with Crippen LogP contribution >= 0.6 is 0 Å². The smallest absolute Gasteiger partial charge is 0.410 e. The first-order valence-electron chi connectivity index (χ1n) is 14.1. The van der Waals surface area contributed by atoms with Gasteiger partial charge in [-0.2, -0.15) is 18.3 Å². The van der Waals surface area contributed by atoms with Gasteiger partial charge in [0.2, 0.25) is 5.89 Å². The van der Waals surface area contributed by atoms with Crippen LogP contribution in [0.15, 0.2) is 34.9 Å². The van der Waals surface area contributed by atoms with Crippen molar-refractivity contribution in [3.05, 3.63) is 47.6 Å². The number of benzene rings is 1. The van der Waals surface area contributed by atoms with Gasteiger partial charge in [0.15, 0.2) is 5.58 Å². The number of aromatic nitrogens is 3. The van der Waals surface area contributed by atoms with E-state index >= 15 is 0 Å². The molecule has 1 aromatic carbocycles. The van der Waals surface area contributed by atoms with Crippen molar-refractivity contribution in [2.24, 2.45) is 17.8 Å². The average Bonchev–Trinajstić information content (AvgIpc) is 3.80. The molecule has 0 bridgehead atoms. The largest absolute Gasteiger partial charge is 0.438 e. The van der Waals surface area contributed by atoms with Crippen LogP contribution in [0.3, 0.4) is 0 Å². The second kappa shape index (κ2) is 10.7. The fraction of sp³-hybridized carbons (Fsp3) is 0.571. The standard InChI is InChI=1S/C28H33F3N6O4/c1-15(38)9-11-37-20(8-10-32-37)25(39)35-24(23(17-3-4-17)18-5-6-18)26-33-19-12-16(2-7-21(19)41-26)13-36-14-22(28(29,30)31)34-27(36)40/h2,7-8,10,12,15,17-18,22-24,38H,3-6,9,11,13-14H2,1H3,(H,34,40)(H,35,39)/t15-,22+,24+/m1/s1. The Morgan fingerprint density at radius 2 is 1.95 bits per heavy atom. The highest BCUT2D eigenvalue weighted by Gasteiger charge is 2.49. The van der Waals surface area contributed by atoms with E-state index < -0.39 is 36.9 Å². The molecule has 13 heteroatoms. The van der Waals surface area contributed by atoms with E-state index in [9.17, 15) is 27.9 Å². The summed E-state index contributed by atoms with van der Waals surface area (Å²) < 4.78 is 47.0. The summed E-state index contributed by atoms with van der Waals surface area (Å²) in [6.07, 6.45) is 1.33. The molecule has 3 amide bonds. The Hall–Kier alpha value is -3.61. The second-order valence-electron chi connectivity index (χ2n) is 11.6. The van der Waals surface area contributed by atoms with Gasteiger partial charge in [-0.1, -0.05) is 6.07 Å². The van der Waals surface area contributed by atoms with Crippen LogP contribution in [0.2, 0.25) is 0 Å². The highest BCUT2D eigenvalue weighted by atomic mass is 19.4. The SMILES string of the molecule is C[C@@H](O)CCn1nccc1C(=O)N[C@H](c1nc2cc(CN3C[C@@H](C(F)(F)F)NC3=O)ccc2o1)C(C1CC1)C1CC1. The van der Waals surface area contributed by atoms with Gasteiger partial charge in [0.05, 0.1) is 12.6 Å². The first-order chi connectivity index (χ1) is 19.6. The number of halogens is 3. The third-order valence-electron chi connectivity index (χ3n) is 8.20. The van der Waals surface area contributed by atoms with Gasteiger partial charge >= 0.3 is 12.2 Å². The lowest BCUT2D eigenvalue weighted by Crippen LogP contribution is -2.40. The van der Waals surface area contributed by atoms with Crippen molar-refractivity contribution < 1.29 is 32.3 Å². The predicted molar refractivity (Wildman–Crippen MR) is 140 cm³/mol. The summed E-state index contributed by atoms with van der Waals surface area (Å²) >= 11 is 0. The number of rotatable bonds is 11. The van der Waals surface area contributed by atoms with Crippen LogP contribution in [0.5, 0.6) is 0 Å². The van der Waals surface area contributed by atoms with Crippen LogP contribution in [-0.2, 0) is 13.1 Å². The van der Waals surface area contributed by atoms with E-state index in [2.05, 4.69) is 10.4 Å². The van der Waals surface area contributed by atoms with E-state index in [0.29, 0.717) is 53.0 Å². The van der Waals surface area contributed by atoms with Gasteiger partial charge in [-0.25, -0.2) is 9.78 Å². The van der Waals surface area contributed by atoms with Crippen LogP contribution < -0.4 is 10.6 Å². The van der Waals surface area contributed by atoms with E-state index in [0.717, 1.165) is 30.6 Å². The summed E-state index contributed by atoms with van der Waals surface area (Å²) in [6.45, 7) is 1.63. The molecule has 1 saturated heterocycles. The highest BCUT2D eigenvalue weighted by Crippen LogP contribution is 2.54. The molecule has 1 aliphatic heterocycles. The summed E-state index contributed by atoms with van der Waals surface area (Å²) in [5.74, 6) is 1.20. The number of hydrogen-bond donors (Lipinski definition) is 3. The van der Waals surface area contributed by atoms with Gasteiger partial charge in [0, 0.05) is 19.3 Å². The number of fused-ring (bicyclic) bond motifs is 1. The van der Waals surface area contributed by atoms with Crippen LogP contribution in [0.25, 0.3) is 11.1 Å². The van der Waals surface area contributed by atoms with Crippen molar-refractivity contribution in [1.82, 2.24) is 30.3 Å². The molecule has 0 unspecified atom stereocenters. The molecule has 3 aromatic rings. The van der Waals surface area contributed by atoms with Crippen LogP contribution in [0.1, 0.15) is 67.0 Å². The average molecular weight is 575 g/mol. The minimum Gasteiger partial charge on any atom is -0.438 e. The van der Waals surface area contributed by atoms with Crippen molar-refractivity contribution >= 4 is 23.0 Å². The first kappa shape index (κ1) is 27.6. The molecule has 6 rings (SSSR count). The number of nitrogens with one attached hydrogen (secondary N) is 2. The molecule has 2 aliphatic carbocycles. The molecule has 3 heterocycles. The van der Waals surface area contributed by atoms with E-state index in [1.807, 2.05) is 5.32 Å². The van der Waals surface area contributed by atoms with Gasteiger partial charge in [-0.05, 0) is 80.5 Å². The Labute approximate surface area is 234 Å². The molecule has 3 N–H and O–H groups in total. The van der Waals surface area contributed by atoms with Crippen molar-refractivity contribution in [2.45, 2.75) is 76.5 Å². The zero-order valence-corrected chi connectivity index (χ0v) is 22.6. The van der Waals surface area contributed by atoms with E-state index in [1.165, 1.54) is 0 Å². The first-order valence-corrected chi connectivity index (χ1v) is 14.1. The van der Waals surface area contributed by atoms with Crippen LogP contribution in [-0.4, -0.2) is 61.6 Å².